The zero-order valence-corrected chi connectivity index (χ0v) is 28.4. The van der Waals surface area contributed by atoms with E-state index in [0.29, 0.717) is 23.0 Å². The Hall–Kier alpha value is -4.32. The number of allylic oxidation sites excluding steroid dienone is 2. The summed E-state index contributed by atoms with van der Waals surface area (Å²) in [5.74, 6) is 1.86. The SMILES string of the molecule is CCCCC1CCC2(CC1)N=c1c(=C3C(=O)C(c4ccc5cccc6c5c4NC4(CC(C)CC(C)C4)N6)=C3O)ccc3cccc(c13)N2. The van der Waals surface area contributed by atoms with Gasteiger partial charge in [0, 0.05) is 32.9 Å². The first-order chi connectivity index (χ1) is 23.3. The third kappa shape index (κ3) is 4.51. The van der Waals surface area contributed by atoms with Crippen LogP contribution < -0.4 is 26.5 Å². The Balaban J connectivity index is 1.19. The number of nitrogens with one attached hydrogen (secondary N) is 3. The Labute approximate surface area is 282 Å². The van der Waals surface area contributed by atoms with Crippen LogP contribution in [0.25, 0.3) is 32.7 Å². The standard InChI is InChI=1S/C42H46N4O2/c1-4-5-8-26-17-19-41(20-18-26)43-31-11-6-9-27-13-15-29(37(45-41)33(27)31)35-39(47)36(40(35)48)30-16-14-28-10-7-12-32-34(28)38(30)46-42(44-32)22-24(2)21-25(3)23-42/h6-7,9-16,24-26,43-44,46-47H,4-5,8,17-23H2,1-3H3. The zero-order valence-electron chi connectivity index (χ0n) is 28.4. The number of hydrogen-bond acceptors (Lipinski definition) is 6. The molecule has 2 atom stereocenters. The molecule has 4 aromatic rings. The van der Waals surface area contributed by atoms with E-state index in [4.69, 9.17) is 4.99 Å². The Morgan fingerprint density at radius 3 is 2.23 bits per heavy atom. The lowest BCUT2D eigenvalue weighted by Crippen LogP contribution is -2.53. The predicted octanol–water partition coefficient (Wildman–Crippen LogP) is 8.81. The van der Waals surface area contributed by atoms with E-state index in [-0.39, 0.29) is 22.9 Å². The maximum atomic E-state index is 14.4. The summed E-state index contributed by atoms with van der Waals surface area (Å²) in [6.07, 6.45) is 11.3. The molecule has 0 amide bonds. The second-order valence-electron chi connectivity index (χ2n) is 15.7. The molecule has 5 aliphatic rings. The van der Waals surface area contributed by atoms with Crippen molar-refractivity contribution in [3.05, 3.63) is 82.6 Å². The molecule has 4 N–H and O–H groups in total. The summed E-state index contributed by atoms with van der Waals surface area (Å²) in [5, 5.41) is 29.5. The van der Waals surface area contributed by atoms with Crippen LogP contribution in [0.5, 0.6) is 0 Å². The summed E-state index contributed by atoms with van der Waals surface area (Å²) in [4.78, 5) is 19.9. The minimum atomic E-state index is -0.381. The number of ketones is 1. The molecule has 246 valence electrons. The van der Waals surface area contributed by atoms with Crippen molar-refractivity contribution in [3.63, 3.8) is 0 Å². The molecule has 0 bridgehead atoms. The minimum absolute atomic E-state index is 0.0759. The number of carbonyl (C=O) groups is 1. The van der Waals surface area contributed by atoms with Gasteiger partial charge in [-0.3, -0.25) is 9.79 Å². The molecule has 0 radical (unpaired) electrons. The van der Waals surface area contributed by atoms with E-state index in [2.05, 4.69) is 85.3 Å². The number of Topliss-reactive ketones (excluding diaryl/α,β-unsaturated/α-hetero) is 1. The van der Waals surface area contributed by atoms with Crippen LogP contribution in [0.3, 0.4) is 0 Å². The predicted molar refractivity (Wildman–Crippen MR) is 197 cm³/mol. The highest BCUT2D eigenvalue weighted by atomic mass is 16.3. The van der Waals surface area contributed by atoms with Gasteiger partial charge in [-0.25, -0.2) is 0 Å². The number of carbonyl (C=O) groups excluding carboxylic acids is 1. The highest BCUT2D eigenvalue weighted by Gasteiger charge is 2.44. The van der Waals surface area contributed by atoms with E-state index in [1.165, 1.54) is 25.7 Å². The van der Waals surface area contributed by atoms with Crippen LogP contribution in [0.15, 0.2) is 71.4 Å². The van der Waals surface area contributed by atoms with E-state index in [1.807, 2.05) is 12.1 Å². The van der Waals surface area contributed by atoms with Crippen molar-refractivity contribution in [2.45, 2.75) is 96.3 Å². The van der Waals surface area contributed by atoms with Crippen LogP contribution in [0.2, 0.25) is 0 Å². The van der Waals surface area contributed by atoms with E-state index in [0.717, 1.165) is 99.2 Å². The molecule has 2 fully saturated rings. The average Bonchev–Trinajstić information content (AvgIpc) is 3.06. The third-order valence-corrected chi connectivity index (χ3v) is 12.1. The molecule has 0 saturated heterocycles. The molecule has 4 aromatic carbocycles. The van der Waals surface area contributed by atoms with Crippen LogP contribution in [0.4, 0.5) is 17.1 Å². The first-order valence-electron chi connectivity index (χ1n) is 18.3. The molecule has 2 heterocycles. The van der Waals surface area contributed by atoms with Gasteiger partial charge in [-0.2, -0.15) is 0 Å². The number of unbranched alkanes of at least 4 members (excludes halogenated alkanes) is 1. The highest BCUT2D eigenvalue weighted by Crippen LogP contribution is 2.50. The van der Waals surface area contributed by atoms with Crippen molar-refractivity contribution in [3.8, 4) is 0 Å². The van der Waals surface area contributed by atoms with Gasteiger partial charge < -0.3 is 21.1 Å². The molecule has 2 saturated carbocycles. The van der Waals surface area contributed by atoms with Gasteiger partial charge in [0.1, 0.15) is 17.1 Å². The van der Waals surface area contributed by atoms with Gasteiger partial charge in [0.05, 0.1) is 22.2 Å². The van der Waals surface area contributed by atoms with Gasteiger partial charge in [0.25, 0.3) is 0 Å². The van der Waals surface area contributed by atoms with Gasteiger partial charge in [-0.15, -0.1) is 0 Å². The fraction of sp³-hybridized carbons (Fsp3) is 0.429. The van der Waals surface area contributed by atoms with Crippen molar-refractivity contribution in [2.24, 2.45) is 22.7 Å². The van der Waals surface area contributed by atoms with Crippen molar-refractivity contribution in [1.82, 2.24) is 0 Å². The summed E-state index contributed by atoms with van der Waals surface area (Å²) < 4.78 is 0. The van der Waals surface area contributed by atoms with E-state index < -0.39 is 0 Å². The lowest BCUT2D eigenvalue weighted by atomic mass is 9.74. The molecule has 6 nitrogen and oxygen atoms in total. The monoisotopic (exact) mass is 638 g/mol. The molecular weight excluding hydrogens is 592 g/mol. The first-order valence-corrected chi connectivity index (χ1v) is 18.3. The molecule has 3 aliphatic carbocycles. The maximum Gasteiger partial charge on any atom is 0.201 e. The maximum absolute atomic E-state index is 14.4. The number of rotatable bonds is 4. The van der Waals surface area contributed by atoms with Gasteiger partial charge in [0.2, 0.25) is 5.78 Å². The normalized spacial score (nSPS) is 30.1. The molecule has 0 aromatic heterocycles. The summed E-state index contributed by atoms with van der Waals surface area (Å²) in [6, 6.07) is 20.9. The van der Waals surface area contributed by atoms with Crippen LogP contribution in [0, 0.1) is 17.8 Å². The van der Waals surface area contributed by atoms with Crippen molar-refractivity contribution < 1.29 is 9.90 Å². The number of hydrogen-bond donors (Lipinski definition) is 4. The Morgan fingerprint density at radius 1 is 0.833 bits per heavy atom. The Bertz CT molecular complexity index is 2160. The smallest absolute Gasteiger partial charge is 0.201 e. The lowest BCUT2D eigenvalue weighted by Gasteiger charge is -2.48. The minimum Gasteiger partial charge on any atom is -0.506 e. The molecule has 2 spiro atoms. The van der Waals surface area contributed by atoms with Crippen LogP contribution >= 0.6 is 0 Å². The Morgan fingerprint density at radius 2 is 1.52 bits per heavy atom. The van der Waals surface area contributed by atoms with E-state index in [1.54, 1.807) is 0 Å². The van der Waals surface area contributed by atoms with Crippen LogP contribution in [0.1, 0.15) is 90.5 Å². The lowest BCUT2D eigenvalue weighted by molar-refractivity contribution is -0.109. The molecule has 9 rings (SSSR count). The summed E-state index contributed by atoms with van der Waals surface area (Å²) in [6.45, 7) is 6.93. The van der Waals surface area contributed by atoms with Crippen molar-refractivity contribution >= 4 is 55.5 Å². The zero-order chi connectivity index (χ0) is 32.8. The number of benzene rings is 4. The fourth-order valence-electron chi connectivity index (χ4n) is 10.0. The number of aliphatic hydroxyl groups is 1. The van der Waals surface area contributed by atoms with Gasteiger partial charge in [-0.1, -0.05) is 88.6 Å². The second-order valence-corrected chi connectivity index (χ2v) is 15.7. The number of nitrogens with zero attached hydrogens (tertiary/aromatic N) is 1. The molecular formula is C42H46N4O2. The van der Waals surface area contributed by atoms with Gasteiger partial charge >= 0.3 is 0 Å². The van der Waals surface area contributed by atoms with Gasteiger partial charge in [0.15, 0.2) is 0 Å². The molecule has 2 aliphatic heterocycles. The number of aliphatic hydroxyl groups excluding tert-OH is 1. The summed E-state index contributed by atoms with van der Waals surface area (Å²) >= 11 is 0. The van der Waals surface area contributed by atoms with Gasteiger partial charge in [-0.05, 0) is 85.6 Å². The van der Waals surface area contributed by atoms with E-state index in [9.17, 15) is 9.90 Å². The quantitative estimate of drug-likeness (QED) is 0.180. The number of anilines is 3. The highest BCUT2D eigenvalue weighted by molar-refractivity contribution is 6.52. The first kappa shape index (κ1) is 29.8. The van der Waals surface area contributed by atoms with Crippen molar-refractivity contribution in [1.29, 1.82) is 0 Å². The molecule has 6 heteroatoms. The topological polar surface area (TPSA) is 85.8 Å². The Kier molecular flexibility index (Phi) is 6.73. The fourth-order valence-corrected chi connectivity index (χ4v) is 10.0. The van der Waals surface area contributed by atoms with E-state index >= 15 is 0 Å². The van der Waals surface area contributed by atoms with Crippen molar-refractivity contribution in [2.75, 3.05) is 16.0 Å². The molecule has 2 unspecified atom stereocenters. The third-order valence-electron chi connectivity index (χ3n) is 12.1. The van der Waals surface area contributed by atoms with Crippen LogP contribution in [-0.4, -0.2) is 22.2 Å². The van der Waals surface area contributed by atoms with Crippen LogP contribution in [-0.2, 0) is 4.79 Å². The summed E-state index contributed by atoms with van der Waals surface area (Å²) in [5.41, 5.74) is 4.01. The second kappa shape index (κ2) is 10.8. The summed E-state index contributed by atoms with van der Waals surface area (Å²) in [7, 11) is 0. The average molecular weight is 639 g/mol. The molecule has 48 heavy (non-hydrogen) atoms. The largest absolute Gasteiger partial charge is 0.506 e.